The van der Waals surface area contributed by atoms with Crippen LogP contribution in [0.4, 0.5) is 0 Å². The molecule has 0 saturated heterocycles. The molecule has 0 spiro atoms. The number of carbonyl (C=O) groups is 1. The van der Waals surface area contributed by atoms with Crippen LogP contribution >= 0.6 is 0 Å². The predicted molar refractivity (Wildman–Crippen MR) is 80.9 cm³/mol. The highest BCUT2D eigenvalue weighted by molar-refractivity contribution is 5.89. The van der Waals surface area contributed by atoms with E-state index in [1.165, 1.54) is 25.0 Å². The second-order valence-corrected chi connectivity index (χ2v) is 4.77. The lowest BCUT2D eigenvalue weighted by molar-refractivity contribution is 0.0497. The molecule has 1 rings (SSSR count). The first-order chi connectivity index (χ1) is 9.74. The van der Waals surface area contributed by atoms with Crippen LogP contribution in [0.25, 0.3) is 0 Å². The monoisotopic (exact) mass is 276 g/mol. The molecule has 3 heteroatoms. The second kappa shape index (κ2) is 10.1. The molecule has 1 aromatic carbocycles. The molecule has 0 heterocycles. The highest BCUT2D eigenvalue weighted by atomic mass is 16.5. The van der Waals surface area contributed by atoms with Crippen molar-refractivity contribution in [3.05, 3.63) is 42.0 Å². The first kappa shape index (κ1) is 16.3. The van der Waals surface area contributed by atoms with Crippen LogP contribution in [0.5, 0.6) is 5.75 Å². The minimum absolute atomic E-state index is 0.152. The molecule has 20 heavy (non-hydrogen) atoms. The maximum Gasteiger partial charge on any atom is 0.338 e. The lowest BCUT2D eigenvalue weighted by Gasteiger charge is -2.04. The van der Waals surface area contributed by atoms with Gasteiger partial charge in [0.25, 0.3) is 0 Å². The molecule has 1 aromatic rings. The smallest absolute Gasteiger partial charge is 0.338 e. The summed E-state index contributed by atoms with van der Waals surface area (Å²) < 4.78 is 5.18. The molecule has 0 aliphatic carbocycles. The Morgan fingerprint density at radius 3 is 2.50 bits per heavy atom. The van der Waals surface area contributed by atoms with E-state index in [0.29, 0.717) is 12.2 Å². The average molecular weight is 276 g/mol. The van der Waals surface area contributed by atoms with Crippen LogP contribution in [0, 0.1) is 0 Å². The number of allylic oxidation sites excluding steroid dienone is 2. The van der Waals surface area contributed by atoms with Gasteiger partial charge in [0.2, 0.25) is 0 Å². The number of esters is 1. The summed E-state index contributed by atoms with van der Waals surface area (Å²) in [6, 6.07) is 6.11. The largest absolute Gasteiger partial charge is 0.508 e. The van der Waals surface area contributed by atoms with E-state index in [1.54, 1.807) is 12.1 Å². The third kappa shape index (κ3) is 6.98. The predicted octanol–water partition coefficient (Wildman–Crippen LogP) is 4.47. The van der Waals surface area contributed by atoms with Gasteiger partial charge in [-0.3, -0.25) is 0 Å². The number of rotatable bonds is 9. The summed E-state index contributed by atoms with van der Waals surface area (Å²) in [6.45, 7) is 2.60. The summed E-state index contributed by atoms with van der Waals surface area (Å²) in [7, 11) is 0. The van der Waals surface area contributed by atoms with E-state index >= 15 is 0 Å². The standard InChI is InChI=1S/C17H24O3/c1-2-3-4-5-6-7-8-9-14-20-17(19)15-10-12-16(18)13-11-15/h3-4,10-13,18H,2,5-9,14H2,1H3/b4-3+. The van der Waals surface area contributed by atoms with Gasteiger partial charge in [0.05, 0.1) is 12.2 Å². The van der Waals surface area contributed by atoms with Crippen molar-refractivity contribution in [3.63, 3.8) is 0 Å². The number of ether oxygens (including phenoxy) is 1. The lowest BCUT2D eigenvalue weighted by Crippen LogP contribution is -2.06. The van der Waals surface area contributed by atoms with Gasteiger partial charge in [0, 0.05) is 0 Å². The van der Waals surface area contributed by atoms with Gasteiger partial charge in [0.15, 0.2) is 0 Å². The van der Waals surface area contributed by atoms with Crippen LogP contribution in [0.15, 0.2) is 36.4 Å². The maximum atomic E-state index is 11.7. The third-order valence-corrected chi connectivity index (χ3v) is 3.00. The molecule has 3 nitrogen and oxygen atoms in total. The Morgan fingerprint density at radius 2 is 1.80 bits per heavy atom. The lowest BCUT2D eigenvalue weighted by atomic mass is 10.1. The minimum atomic E-state index is -0.323. The van der Waals surface area contributed by atoms with Gasteiger partial charge in [-0.25, -0.2) is 4.79 Å². The first-order valence-corrected chi connectivity index (χ1v) is 7.35. The number of unbranched alkanes of at least 4 members (excludes halogenated alkanes) is 4. The van der Waals surface area contributed by atoms with Crippen molar-refractivity contribution in [1.82, 2.24) is 0 Å². The molecule has 1 N–H and O–H groups in total. The molecule has 0 amide bonds. The van der Waals surface area contributed by atoms with Crippen LogP contribution in [0.3, 0.4) is 0 Å². The van der Waals surface area contributed by atoms with Gasteiger partial charge in [0.1, 0.15) is 5.75 Å². The summed E-state index contributed by atoms with van der Waals surface area (Å²) >= 11 is 0. The Hall–Kier alpha value is -1.77. The summed E-state index contributed by atoms with van der Waals surface area (Å²) in [4.78, 5) is 11.7. The molecule has 0 aliphatic heterocycles. The fourth-order valence-electron chi connectivity index (χ4n) is 1.85. The van der Waals surface area contributed by atoms with Crippen molar-refractivity contribution in [2.75, 3.05) is 6.61 Å². The van der Waals surface area contributed by atoms with E-state index in [4.69, 9.17) is 9.84 Å². The molecule has 0 saturated carbocycles. The van der Waals surface area contributed by atoms with Gasteiger partial charge in [-0.05, 0) is 49.9 Å². The molecular weight excluding hydrogens is 252 g/mol. The zero-order chi connectivity index (χ0) is 14.6. The van der Waals surface area contributed by atoms with Crippen molar-refractivity contribution >= 4 is 5.97 Å². The van der Waals surface area contributed by atoms with Crippen molar-refractivity contribution in [2.45, 2.75) is 45.4 Å². The second-order valence-electron chi connectivity index (χ2n) is 4.77. The normalized spacial score (nSPS) is 10.8. The van der Waals surface area contributed by atoms with E-state index in [1.807, 2.05) is 0 Å². The average Bonchev–Trinajstić information content (AvgIpc) is 2.46. The molecule has 0 fully saturated rings. The highest BCUT2D eigenvalue weighted by Gasteiger charge is 2.05. The van der Waals surface area contributed by atoms with Gasteiger partial charge in [-0.2, -0.15) is 0 Å². The molecule has 0 unspecified atom stereocenters. The molecule has 110 valence electrons. The van der Waals surface area contributed by atoms with E-state index in [-0.39, 0.29) is 11.7 Å². The number of hydrogen-bond acceptors (Lipinski definition) is 3. The van der Waals surface area contributed by atoms with Crippen LogP contribution in [-0.2, 0) is 4.74 Å². The SMILES string of the molecule is CC/C=C/CCCCCCOC(=O)c1ccc(O)cc1. The van der Waals surface area contributed by atoms with Crippen LogP contribution in [0.1, 0.15) is 55.8 Å². The Kier molecular flexibility index (Phi) is 8.20. The number of aromatic hydroxyl groups is 1. The highest BCUT2D eigenvalue weighted by Crippen LogP contribution is 2.11. The summed E-state index contributed by atoms with van der Waals surface area (Å²) in [6.07, 6.45) is 11.0. The molecule has 0 bridgehead atoms. The fourth-order valence-corrected chi connectivity index (χ4v) is 1.85. The Labute approximate surface area is 121 Å². The third-order valence-electron chi connectivity index (χ3n) is 3.00. The zero-order valence-electron chi connectivity index (χ0n) is 12.2. The van der Waals surface area contributed by atoms with Crippen molar-refractivity contribution in [3.8, 4) is 5.75 Å². The number of hydrogen-bond donors (Lipinski definition) is 1. The van der Waals surface area contributed by atoms with Crippen LogP contribution < -0.4 is 0 Å². The van der Waals surface area contributed by atoms with Gasteiger partial charge in [-0.1, -0.05) is 31.9 Å². The first-order valence-electron chi connectivity index (χ1n) is 7.35. The van der Waals surface area contributed by atoms with E-state index in [2.05, 4.69) is 19.1 Å². The van der Waals surface area contributed by atoms with E-state index < -0.39 is 0 Å². The molecule has 0 aliphatic rings. The number of carbonyl (C=O) groups excluding carboxylic acids is 1. The fraction of sp³-hybridized carbons (Fsp3) is 0.471. The topological polar surface area (TPSA) is 46.5 Å². The number of benzene rings is 1. The van der Waals surface area contributed by atoms with E-state index in [0.717, 1.165) is 25.7 Å². The van der Waals surface area contributed by atoms with Crippen LogP contribution in [-0.4, -0.2) is 17.7 Å². The van der Waals surface area contributed by atoms with E-state index in [9.17, 15) is 4.79 Å². The number of phenols is 1. The van der Waals surface area contributed by atoms with Crippen molar-refractivity contribution in [2.24, 2.45) is 0 Å². The molecule has 0 aromatic heterocycles. The van der Waals surface area contributed by atoms with Gasteiger partial charge in [-0.15, -0.1) is 0 Å². The summed E-state index contributed by atoms with van der Waals surface area (Å²) in [5, 5.41) is 9.13. The maximum absolute atomic E-state index is 11.7. The Balaban J connectivity index is 2.05. The quantitative estimate of drug-likeness (QED) is 0.411. The molecular formula is C17H24O3. The Bertz CT molecular complexity index is 407. The van der Waals surface area contributed by atoms with Gasteiger partial charge >= 0.3 is 5.97 Å². The zero-order valence-corrected chi connectivity index (χ0v) is 12.2. The number of phenolic OH excluding ortho intramolecular Hbond substituents is 1. The van der Waals surface area contributed by atoms with Crippen molar-refractivity contribution < 1.29 is 14.6 Å². The molecule has 0 radical (unpaired) electrons. The molecule has 0 atom stereocenters. The Morgan fingerprint density at radius 1 is 1.10 bits per heavy atom. The summed E-state index contributed by atoms with van der Waals surface area (Å²) in [5.74, 6) is -0.172. The van der Waals surface area contributed by atoms with Gasteiger partial charge < -0.3 is 9.84 Å². The minimum Gasteiger partial charge on any atom is -0.508 e. The van der Waals surface area contributed by atoms with Crippen LogP contribution in [0.2, 0.25) is 0 Å². The van der Waals surface area contributed by atoms with Crippen molar-refractivity contribution in [1.29, 1.82) is 0 Å². The summed E-state index contributed by atoms with van der Waals surface area (Å²) in [5.41, 5.74) is 0.479.